The third-order valence-corrected chi connectivity index (χ3v) is 4.15. The fraction of sp³-hybridized carbons (Fsp3) is 0.471. The van der Waals surface area contributed by atoms with Crippen LogP contribution in [0.2, 0.25) is 0 Å². The Bertz CT molecular complexity index is 579. The number of aromatic nitrogens is 2. The van der Waals surface area contributed by atoms with Crippen molar-refractivity contribution in [2.24, 2.45) is 0 Å². The molecule has 1 aromatic carbocycles. The number of imidazole rings is 1. The first-order valence-electron chi connectivity index (χ1n) is 7.84. The average Bonchev–Trinajstić information content (AvgIpc) is 2.89. The summed E-state index contributed by atoms with van der Waals surface area (Å²) in [5.41, 5.74) is 4.81. The van der Waals surface area contributed by atoms with Gasteiger partial charge in [-0.05, 0) is 18.9 Å². The predicted octanol–water partition coefficient (Wildman–Crippen LogP) is 2.35. The monoisotopic (exact) mass is 284 g/mol. The summed E-state index contributed by atoms with van der Waals surface area (Å²) in [5.74, 6) is 1.07. The number of hydrogen-bond donors (Lipinski definition) is 2. The van der Waals surface area contributed by atoms with Crippen molar-refractivity contribution in [1.29, 1.82) is 0 Å². The molecular formula is C17H24N4. The van der Waals surface area contributed by atoms with Gasteiger partial charge in [-0.2, -0.15) is 0 Å². The van der Waals surface area contributed by atoms with Crippen molar-refractivity contribution in [1.82, 2.24) is 20.2 Å². The minimum Gasteiger partial charge on any atom is -0.344 e. The zero-order chi connectivity index (χ0) is 14.7. The molecule has 0 aliphatic carbocycles. The Balaban J connectivity index is 1.76. The normalized spacial score (nSPS) is 16.3. The van der Waals surface area contributed by atoms with Gasteiger partial charge in [-0.3, -0.25) is 4.90 Å². The van der Waals surface area contributed by atoms with Crippen LogP contribution in [0.15, 0.2) is 24.3 Å². The zero-order valence-corrected chi connectivity index (χ0v) is 12.9. The third kappa shape index (κ3) is 3.34. The molecule has 0 radical (unpaired) electrons. The molecule has 0 atom stereocenters. The third-order valence-electron chi connectivity index (χ3n) is 4.15. The Kier molecular flexibility index (Phi) is 4.36. The van der Waals surface area contributed by atoms with Crippen molar-refractivity contribution >= 4 is 0 Å². The number of nitrogens with one attached hydrogen (secondary N) is 2. The lowest BCUT2D eigenvalue weighted by Gasteiger charge is -2.26. The van der Waals surface area contributed by atoms with Crippen LogP contribution in [-0.2, 0) is 13.0 Å². The van der Waals surface area contributed by atoms with Gasteiger partial charge in [0.25, 0.3) is 0 Å². The van der Waals surface area contributed by atoms with Gasteiger partial charge in [-0.1, -0.05) is 31.2 Å². The molecule has 0 amide bonds. The molecule has 3 rings (SSSR count). The summed E-state index contributed by atoms with van der Waals surface area (Å²) in [6, 6.07) is 8.74. The second-order valence-corrected chi connectivity index (χ2v) is 5.73. The van der Waals surface area contributed by atoms with Gasteiger partial charge in [0.15, 0.2) is 0 Å². The maximum atomic E-state index is 4.81. The van der Waals surface area contributed by atoms with Crippen molar-refractivity contribution in [3.63, 3.8) is 0 Å². The van der Waals surface area contributed by atoms with Crippen molar-refractivity contribution in [3.05, 3.63) is 41.3 Å². The second-order valence-electron chi connectivity index (χ2n) is 5.73. The fourth-order valence-electron chi connectivity index (χ4n) is 2.86. The Morgan fingerprint density at radius 2 is 1.86 bits per heavy atom. The molecule has 1 aromatic heterocycles. The van der Waals surface area contributed by atoms with Gasteiger partial charge >= 0.3 is 0 Å². The molecule has 21 heavy (non-hydrogen) atoms. The number of nitrogens with zero attached hydrogens (tertiary/aromatic N) is 2. The van der Waals surface area contributed by atoms with Gasteiger partial charge < -0.3 is 10.3 Å². The van der Waals surface area contributed by atoms with Gasteiger partial charge in [-0.15, -0.1) is 0 Å². The summed E-state index contributed by atoms with van der Waals surface area (Å²) >= 11 is 0. The van der Waals surface area contributed by atoms with E-state index in [1.165, 1.54) is 11.1 Å². The van der Waals surface area contributed by atoms with Crippen LogP contribution in [0.4, 0.5) is 0 Å². The maximum absolute atomic E-state index is 4.81. The van der Waals surface area contributed by atoms with Crippen LogP contribution in [0.3, 0.4) is 0 Å². The molecule has 2 aromatic rings. The van der Waals surface area contributed by atoms with E-state index in [0.717, 1.165) is 56.4 Å². The maximum Gasteiger partial charge on any atom is 0.121 e. The quantitative estimate of drug-likeness (QED) is 0.906. The fourth-order valence-corrected chi connectivity index (χ4v) is 2.86. The topological polar surface area (TPSA) is 44.0 Å². The summed E-state index contributed by atoms with van der Waals surface area (Å²) in [5, 5.41) is 3.38. The second kappa shape index (κ2) is 6.41. The minimum absolute atomic E-state index is 0.912. The average molecular weight is 284 g/mol. The van der Waals surface area contributed by atoms with Crippen LogP contribution in [0.5, 0.6) is 0 Å². The largest absolute Gasteiger partial charge is 0.344 e. The van der Waals surface area contributed by atoms with E-state index in [-0.39, 0.29) is 0 Å². The highest BCUT2D eigenvalue weighted by Gasteiger charge is 2.14. The summed E-state index contributed by atoms with van der Waals surface area (Å²) in [4.78, 5) is 10.7. The Hall–Kier alpha value is -1.65. The number of hydrogen-bond acceptors (Lipinski definition) is 3. The van der Waals surface area contributed by atoms with Gasteiger partial charge in [0.2, 0.25) is 0 Å². The molecule has 1 aliphatic rings. The minimum atomic E-state index is 0.912. The highest BCUT2D eigenvalue weighted by Crippen LogP contribution is 2.22. The molecule has 0 spiro atoms. The van der Waals surface area contributed by atoms with Crippen LogP contribution >= 0.6 is 0 Å². The van der Waals surface area contributed by atoms with Crippen molar-refractivity contribution in [2.45, 2.75) is 26.8 Å². The Morgan fingerprint density at radius 1 is 1.14 bits per heavy atom. The van der Waals surface area contributed by atoms with Gasteiger partial charge in [-0.25, -0.2) is 4.98 Å². The summed E-state index contributed by atoms with van der Waals surface area (Å²) in [6.07, 6.45) is 1.08. The summed E-state index contributed by atoms with van der Waals surface area (Å²) in [6.45, 7) is 9.55. The molecule has 4 nitrogen and oxygen atoms in total. The van der Waals surface area contributed by atoms with Crippen LogP contribution in [-0.4, -0.2) is 41.0 Å². The highest BCUT2D eigenvalue weighted by molar-refractivity contribution is 5.62. The molecule has 1 fully saturated rings. The number of aryl methyl sites for hydroxylation is 2. The van der Waals surface area contributed by atoms with Crippen molar-refractivity contribution in [2.75, 3.05) is 26.2 Å². The first-order chi connectivity index (χ1) is 10.3. The van der Waals surface area contributed by atoms with E-state index in [0.29, 0.717) is 0 Å². The number of H-pyrrole nitrogens is 1. The lowest BCUT2D eigenvalue weighted by atomic mass is 10.1. The van der Waals surface area contributed by atoms with E-state index < -0.39 is 0 Å². The zero-order valence-electron chi connectivity index (χ0n) is 12.9. The van der Waals surface area contributed by atoms with Crippen LogP contribution in [0.25, 0.3) is 11.3 Å². The van der Waals surface area contributed by atoms with Crippen molar-refractivity contribution in [3.8, 4) is 11.3 Å². The van der Waals surface area contributed by atoms with Crippen LogP contribution in [0.1, 0.15) is 24.0 Å². The molecular weight excluding hydrogens is 260 g/mol. The lowest BCUT2D eigenvalue weighted by Crippen LogP contribution is -2.43. The summed E-state index contributed by atoms with van der Waals surface area (Å²) in [7, 11) is 0. The number of piperazine rings is 1. The molecule has 0 unspecified atom stereocenters. The SMILES string of the molecule is CCc1ccc(-c2nc(CN3CCNCC3)[nH]c2C)cc1. The first-order valence-corrected chi connectivity index (χ1v) is 7.84. The van der Waals surface area contributed by atoms with E-state index in [2.05, 4.69) is 53.3 Å². The smallest absolute Gasteiger partial charge is 0.121 e. The number of rotatable bonds is 4. The van der Waals surface area contributed by atoms with E-state index in [1.54, 1.807) is 0 Å². The van der Waals surface area contributed by atoms with Crippen molar-refractivity contribution < 1.29 is 0 Å². The molecule has 4 heteroatoms. The highest BCUT2D eigenvalue weighted by atomic mass is 15.2. The van der Waals surface area contributed by atoms with Crippen LogP contribution in [0, 0.1) is 6.92 Å². The standard InChI is InChI=1S/C17H24N4/c1-3-14-4-6-15(7-5-14)17-13(2)19-16(20-17)12-21-10-8-18-9-11-21/h4-7,18H,3,8-12H2,1-2H3,(H,19,20). The molecule has 0 bridgehead atoms. The van der Waals surface area contributed by atoms with E-state index in [4.69, 9.17) is 4.98 Å². The van der Waals surface area contributed by atoms with E-state index in [9.17, 15) is 0 Å². The molecule has 1 saturated heterocycles. The number of benzene rings is 1. The Labute approximate surface area is 126 Å². The van der Waals surface area contributed by atoms with Gasteiger partial charge in [0.05, 0.1) is 12.2 Å². The molecule has 2 heterocycles. The number of aromatic amines is 1. The molecule has 2 N–H and O–H groups in total. The molecule has 112 valence electrons. The van der Waals surface area contributed by atoms with Crippen LogP contribution < -0.4 is 5.32 Å². The molecule has 1 aliphatic heterocycles. The first kappa shape index (κ1) is 14.3. The van der Waals surface area contributed by atoms with Gasteiger partial charge in [0.1, 0.15) is 5.82 Å². The van der Waals surface area contributed by atoms with E-state index >= 15 is 0 Å². The Morgan fingerprint density at radius 3 is 2.52 bits per heavy atom. The summed E-state index contributed by atoms with van der Waals surface area (Å²) < 4.78 is 0. The molecule has 0 saturated carbocycles. The predicted molar refractivity (Wildman–Crippen MR) is 86.3 cm³/mol. The van der Waals surface area contributed by atoms with Gasteiger partial charge in [0, 0.05) is 37.4 Å². The van der Waals surface area contributed by atoms with E-state index in [1.807, 2.05) is 0 Å². The lowest BCUT2D eigenvalue weighted by molar-refractivity contribution is 0.228.